The molecule has 6 unspecified atom stereocenters. The van der Waals surface area contributed by atoms with Gasteiger partial charge in [-0.05, 0) is 32.6 Å². The molecule has 8 nitrogen and oxygen atoms in total. The van der Waals surface area contributed by atoms with Gasteiger partial charge in [0.15, 0.2) is 16.2 Å². The van der Waals surface area contributed by atoms with E-state index in [1.54, 1.807) is 0 Å². The molecule has 11 heteroatoms. The third kappa shape index (κ3) is 2.95. The number of carbonyl (C=O) groups excluding carboxylic acids is 3. The minimum Gasteiger partial charge on any atom is -0.743 e. The molecule has 3 aliphatic rings. The van der Waals surface area contributed by atoms with E-state index in [1.807, 2.05) is 0 Å². The van der Waals surface area contributed by atoms with Crippen LogP contribution in [0.5, 0.6) is 0 Å². The second kappa shape index (κ2) is 6.31. The first-order valence-corrected chi connectivity index (χ1v) is 10.1. The molecule has 0 N–H and O–H groups in total. The number of ether oxygens (including phenoxy) is 2. The first-order chi connectivity index (χ1) is 12.7. The fourth-order valence-electron chi connectivity index (χ4n) is 4.84. The third-order valence-electron chi connectivity index (χ3n) is 6.03. The van der Waals surface area contributed by atoms with Crippen molar-refractivity contribution in [3.05, 3.63) is 12.2 Å². The zero-order valence-electron chi connectivity index (χ0n) is 15.1. The van der Waals surface area contributed by atoms with Gasteiger partial charge in [0, 0.05) is 23.8 Å². The lowest BCUT2D eigenvalue weighted by Crippen LogP contribution is -2.46. The second-order valence-electron chi connectivity index (χ2n) is 7.83. The zero-order chi connectivity index (χ0) is 21.2. The maximum atomic E-state index is 13.6. The van der Waals surface area contributed by atoms with E-state index in [0.717, 1.165) is 0 Å². The van der Waals surface area contributed by atoms with Crippen molar-refractivity contribution in [2.75, 3.05) is 0 Å². The lowest BCUT2D eigenvalue weighted by Gasteiger charge is -2.35. The van der Waals surface area contributed by atoms with Crippen molar-refractivity contribution in [2.24, 2.45) is 23.7 Å². The van der Waals surface area contributed by atoms with E-state index in [1.165, 1.54) is 6.92 Å². The fourth-order valence-corrected chi connectivity index (χ4v) is 5.29. The number of halogens is 2. The van der Waals surface area contributed by atoms with Gasteiger partial charge in [0.05, 0.1) is 5.92 Å². The number of ketones is 1. The van der Waals surface area contributed by atoms with Crippen LogP contribution < -0.4 is 0 Å². The van der Waals surface area contributed by atoms with Gasteiger partial charge < -0.3 is 14.0 Å². The fraction of sp³-hybridized carbons (Fsp3) is 0.706. The Morgan fingerprint density at radius 2 is 2.00 bits per heavy atom. The van der Waals surface area contributed by atoms with Crippen LogP contribution in [0.4, 0.5) is 8.78 Å². The summed E-state index contributed by atoms with van der Waals surface area (Å²) in [5.74, 6) is -4.89. The Hall–Kier alpha value is -1.88. The van der Waals surface area contributed by atoms with Crippen LogP contribution in [-0.4, -0.2) is 47.7 Å². The Balaban J connectivity index is 1.77. The van der Waals surface area contributed by atoms with Crippen molar-refractivity contribution in [3.8, 4) is 0 Å². The van der Waals surface area contributed by atoms with E-state index in [-0.39, 0.29) is 24.2 Å². The molecule has 2 bridgehead atoms. The van der Waals surface area contributed by atoms with Crippen molar-refractivity contribution in [1.82, 2.24) is 0 Å². The molecule has 0 aromatic carbocycles. The van der Waals surface area contributed by atoms with Crippen LogP contribution in [0.15, 0.2) is 12.2 Å². The predicted octanol–water partition coefficient (Wildman–Crippen LogP) is 1.16. The number of Topliss-reactive ketones (excluding diaryl/α,β-unsaturated/α-hetero) is 1. The highest BCUT2D eigenvalue weighted by Crippen LogP contribution is 2.65. The molecule has 0 amide bonds. The molecule has 3 aliphatic carbocycles. The molecule has 3 saturated carbocycles. The minimum atomic E-state index is -6.03. The van der Waals surface area contributed by atoms with Gasteiger partial charge >= 0.3 is 17.2 Å². The zero-order valence-corrected chi connectivity index (χ0v) is 16.0. The number of rotatable bonds is 6. The van der Waals surface area contributed by atoms with Crippen LogP contribution in [0.1, 0.15) is 33.1 Å². The Morgan fingerprint density at radius 1 is 1.39 bits per heavy atom. The lowest BCUT2D eigenvalue weighted by molar-refractivity contribution is -0.172. The molecule has 0 radical (unpaired) electrons. The quantitative estimate of drug-likeness (QED) is 0.355. The first kappa shape index (κ1) is 20.8. The summed E-state index contributed by atoms with van der Waals surface area (Å²) in [7, 11) is -6.03. The second-order valence-corrected chi connectivity index (χ2v) is 9.28. The van der Waals surface area contributed by atoms with Crippen LogP contribution in [-0.2, 0) is 34.0 Å². The van der Waals surface area contributed by atoms with Crippen LogP contribution in [0.25, 0.3) is 0 Å². The minimum absolute atomic E-state index is 0.0811. The summed E-state index contributed by atoms with van der Waals surface area (Å²) in [5.41, 5.74) is -0.869. The van der Waals surface area contributed by atoms with Gasteiger partial charge in [-0.1, -0.05) is 6.58 Å². The van der Waals surface area contributed by atoms with E-state index in [2.05, 4.69) is 11.3 Å². The molecular weight excluding hydrogens is 402 g/mol. The van der Waals surface area contributed by atoms with Gasteiger partial charge in [-0.2, -0.15) is 8.78 Å². The number of hydrogen-bond acceptors (Lipinski definition) is 8. The van der Waals surface area contributed by atoms with Gasteiger partial charge in [-0.15, -0.1) is 0 Å². The summed E-state index contributed by atoms with van der Waals surface area (Å²) in [6.45, 7) is 5.57. The summed E-state index contributed by atoms with van der Waals surface area (Å²) >= 11 is 0. The van der Waals surface area contributed by atoms with E-state index < -0.39 is 62.7 Å². The summed E-state index contributed by atoms with van der Waals surface area (Å²) < 4.78 is 69.4. The first-order valence-electron chi connectivity index (χ1n) is 8.66. The lowest BCUT2D eigenvalue weighted by atomic mass is 9.77. The normalized spacial score (nSPS) is 35.0. The molecule has 156 valence electrons. The number of fused-ring (bicyclic) bond motifs is 1. The Bertz CT molecular complexity index is 866. The molecule has 0 spiro atoms. The highest BCUT2D eigenvalue weighted by atomic mass is 32.2. The maximum Gasteiger partial charge on any atom is 0.369 e. The average Bonchev–Trinajstić information content (AvgIpc) is 3.12. The van der Waals surface area contributed by atoms with Gasteiger partial charge in [-0.3, -0.25) is 9.59 Å². The molecule has 0 heterocycles. The van der Waals surface area contributed by atoms with E-state index >= 15 is 0 Å². The molecule has 0 aromatic rings. The van der Waals surface area contributed by atoms with Gasteiger partial charge in [0.1, 0.15) is 11.4 Å². The molecule has 0 aliphatic heterocycles. The van der Waals surface area contributed by atoms with Crippen molar-refractivity contribution < 1.29 is 45.6 Å². The maximum absolute atomic E-state index is 13.6. The highest BCUT2D eigenvalue weighted by Gasteiger charge is 2.71. The molecule has 3 fully saturated rings. The van der Waals surface area contributed by atoms with Crippen LogP contribution in [0.3, 0.4) is 0 Å². The summed E-state index contributed by atoms with van der Waals surface area (Å²) in [4.78, 5) is 36.9. The van der Waals surface area contributed by atoms with Crippen LogP contribution in [0.2, 0.25) is 0 Å². The van der Waals surface area contributed by atoms with Crippen molar-refractivity contribution in [3.63, 3.8) is 0 Å². The number of carbonyl (C=O) groups is 3. The smallest absolute Gasteiger partial charge is 0.369 e. The molecule has 0 saturated heterocycles. The Kier molecular flexibility index (Phi) is 4.70. The molecule has 28 heavy (non-hydrogen) atoms. The summed E-state index contributed by atoms with van der Waals surface area (Å²) in [5, 5.41) is -4.79. The summed E-state index contributed by atoms with van der Waals surface area (Å²) in [6, 6.07) is 0. The molecule has 0 aromatic heterocycles. The average molecular weight is 421 g/mol. The SMILES string of the molecule is C=C(C)C(=O)OC12CC(=O)C3C(C(=O)OC(C)C(F)(F)S(=O)(=O)[O-])C(CC31)C2. The number of hydrogen-bond donors (Lipinski definition) is 0. The van der Waals surface area contributed by atoms with Gasteiger partial charge in [-0.25, -0.2) is 13.2 Å². The van der Waals surface area contributed by atoms with E-state index in [4.69, 9.17) is 4.74 Å². The topological polar surface area (TPSA) is 127 Å². The van der Waals surface area contributed by atoms with Gasteiger partial charge in [0.25, 0.3) is 0 Å². The molecule has 6 atom stereocenters. The third-order valence-corrected chi connectivity index (χ3v) is 7.03. The standard InChI is InChI=1S/C17H20F2O8S/c1-7(2)14(21)27-16-5-9-4-10(16)13(11(20)6-16)12(9)15(22)26-8(3)17(18,19)28(23,24)25/h8-10,12-13H,1,4-6H2,2-3H3,(H,23,24,25)/p-1. The van der Waals surface area contributed by atoms with E-state index in [0.29, 0.717) is 13.3 Å². The number of alkyl halides is 2. The summed E-state index contributed by atoms with van der Waals surface area (Å²) in [6.07, 6.45) is -2.00. The molecule has 3 rings (SSSR count). The van der Waals surface area contributed by atoms with E-state index in [9.17, 15) is 36.1 Å². The highest BCUT2D eigenvalue weighted by molar-refractivity contribution is 7.86. The van der Waals surface area contributed by atoms with Crippen molar-refractivity contribution >= 4 is 27.8 Å². The largest absolute Gasteiger partial charge is 0.743 e. The number of esters is 2. The van der Waals surface area contributed by atoms with Crippen LogP contribution >= 0.6 is 0 Å². The monoisotopic (exact) mass is 421 g/mol. The van der Waals surface area contributed by atoms with Crippen molar-refractivity contribution in [2.45, 2.75) is 50.1 Å². The predicted molar refractivity (Wildman–Crippen MR) is 86.7 cm³/mol. The van der Waals surface area contributed by atoms with Crippen molar-refractivity contribution in [1.29, 1.82) is 0 Å². The Morgan fingerprint density at radius 3 is 2.54 bits per heavy atom. The Labute approximate surface area is 160 Å². The molecular formula is C17H19F2O8S-. The van der Waals surface area contributed by atoms with Crippen LogP contribution in [0, 0.1) is 23.7 Å². The van der Waals surface area contributed by atoms with Gasteiger partial charge in [0.2, 0.25) is 0 Å².